The van der Waals surface area contributed by atoms with Gasteiger partial charge in [-0.2, -0.15) is 0 Å². The Morgan fingerprint density at radius 1 is 1.32 bits per heavy atom. The van der Waals surface area contributed by atoms with Gasteiger partial charge in [0.05, 0.1) is 0 Å². The first kappa shape index (κ1) is 16.2. The van der Waals surface area contributed by atoms with Crippen LogP contribution in [0.15, 0.2) is 17.2 Å². The topological polar surface area (TPSA) is 68.3 Å². The SMILES string of the molecule is CCCCCN(C)S(=O)(=O)c1cc(CN)n(CC)c1. The van der Waals surface area contributed by atoms with E-state index < -0.39 is 10.0 Å². The molecule has 0 saturated carbocycles. The highest BCUT2D eigenvalue weighted by Gasteiger charge is 2.22. The first-order chi connectivity index (χ1) is 8.97. The summed E-state index contributed by atoms with van der Waals surface area (Å²) in [5.41, 5.74) is 6.48. The van der Waals surface area contributed by atoms with Gasteiger partial charge in [0.1, 0.15) is 4.90 Å². The molecule has 1 aromatic heterocycles. The highest BCUT2D eigenvalue weighted by Crippen LogP contribution is 2.18. The molecule has 0 aromatic carbocycles. The molecular formula is C13H25N3O2S. The number of sulfonamides is 1. The number of aromatic nitrogens is 1. The second-order valence-electron chi connectivity index (χ2n) is 4.69. The molecule has 1 aromatic rings. The Kier molecular flexibility index (Phi) is 6.03. The van der Waals surface area contributed by atoms with Crippen molar-refractivity contribution >= 4 is 10.0 Å². The van der Waals surface area contributed by atoms with Gasteiger partial charge >= 0.3 is 0 Å². The predicted molar refractivity (Wildman–Crippen MR) is 77.3 cm³/mol. The van der Waals surface area contributed by atoms with Crippen LogP contribution in [0.4, 0.5) is 0 Å². The molecule has 0 aliphatic heterocycles. The summed E-state index contributed by atoms with van der Waals surface area (Å²) >= 11 is 0. The number of hydrogen-bond donors (Lipinski definition) is 1. The average Bonchev–Trinajstić information content (AvgIpc) is 2.82. The second kappa shape index (κ2) is 7.07. The molecule has 0 bridgehead atoms. The van der Waals surface area contributed by atoms with Crippen molar-refractivity contribution in [2.45, 2.75) is 51.1 Å². The lowest BCUT2D eigenvalue weighted by molar-refractivity contribution is 0.454. The highest BCUT2D eigenvalue weighted by atomic mass is 32.2. The zero-order valence-electron chi connectivity index (χ0n) is 12.1. The van der Waals surface area contributed by atoms with Crippen molar-refractivity contribution in [3.63, 3.8) is 0 Å². The zero-order valence-corrected chi connectivity index (χ0v) is 12.9. The average molecular weight is 287 g/mol. The Labute approximate surface area is 116 Å². The molecule has 1 rings (SSSR count). The number of hydrogen-bond acceptors (Lipinski definition) is 3. The van der Waals surface area contributed by atoms with Crippen molar-refractivity contribution in [2.24, 2.45) is 5.73 Å². The van der Waals surface area contributed by atoms with E-state index in [0.717, 1.165) is 31.5 Å². The van der Waals surface area contributed by atoms with Gasteiger partial charge in [0.25, 0.3) is 0 Å². The van der Waals surface area contributed by atoms with Crippen LogP contribution in [0.2, 0.25) is 0 Å². The molecule has 0 spiro atoms. The minimum atomic E-state index is -3.38. The van der Waals surface area contributed by atoms with Crippen molar-refractivity contribution in [2.75, 3.05) is 13.6 Å². The molecule has 1 heterocycles. The van der Waals surface area contributed by atoms with Crippen molar-refractivity contribution in [1.29, 1.82) is 0 Å². The van der Waals surface area contributed by atoms with Crippen LogP contribution in [0.3, 0.4) is 0 Å². The molecule has 6 heteroatoms. The van der Waals surface area contributed by atoms with Gasteiger partial charge in [-0.3, -0.25) is 0 Å². The standard InChI is InChI=1S/C13H25N3O2S/c1-4-6-7-8-15(3)19(17,18)13-9-12(10-14)16(5-2)11-13/h9,11H,4-8,10,14H2,1-3H3. The van der Waals surface area contributed by atoms with E-state index in [-0.39, 0.29) is 0 Å². The van der Waals surface area contributed by atoms with Crippen molar-refractivity contribution in [3.05, 3.63) is 18.0 Å². The van der Waals surface area contributed by atoms with Crippen molar-refractivity contribution in [1.82, 2.24) is 8.87 Å². The van der Waals surface area contributed by atoms with E-state index >= 15 is 0 Å². The summed E-state index contributed by atoms with van der Waals surface area (Å²) in [5.74, 6) is 0. The summed E-state index contributed by atoms with van der Waals surface area (Å²) in [7, 11) is -1.75. The van der Waals surface area contributed by atoms with Gasteiger partial charge in [-0.15, -0.1) is 0 Å². The van der Waals surface area contributed by atoms with Crippen molar-refractivity contribution in [3.8, 4) is 0 Å². The van der Waals surface area contributed by atoms with E-state index in [1.165, 1.54) is 4.31 Å². The first-order valence-electron chi connectivity index (χ1n) is 6.82. The maximum absolute atomic E-state index is 12.4. The Hall–Kier alpha value is -0.850. The van der Waals surface area contributed by atoms with Crippen LogP contribution in [0.5, 0.6) is 0 Å². The molecule has 0 fully saturated rings. The van der Waals surface area contributed by atoms with Crippen LogP contribution in [0.25, 0.3) is 0 Å². The van der Waals surface area contributed by atoms with Gasteiger partial charge in [0.15, 0.2) is 0 Å². The molecule has 0 saturated heterocycles. The molecule has 19 heavy (non-hydrogen) atoms. The van der Waals surface area contributed by atoms with Gasteiger partial charge in [0, 0.05) is 38.6 Å². The van der Waals surface area contributed by atoms with E-state index in [1.807, 2.05) is 11.5 Å². The lowest BCUT2D eigenvalue weighted by atomic mass is 10.2. The van der Waals surface area contributed by atoms with Gasteiger partial charge in [-0.1, -0.05) is 19.8 Å². The molecule has 2 N–H and O–H groups in total. The van der Waals surface area contributed by atoms with Crippen molar-refractivity contribution < 1.29 is 8.42 Å². The smallest absolute Gasteiger partial charge is 0.244 e. The van der Waals surface area contributed by atoms with Gasteiger partial charge in [0.2, 0.25) is 10.0 Å². The minimum Gasteiger partial charge on any atom is -0.349 e. The van der Waals surface area contributed by atoms with E-state index in [2.05, 4.69) is 6.92 Å². The van der Waals surface area contributed by atoms with Gasteiger partial charge < -0.3 is 10.3 Å². The number of rotatable bonds is 8. The largest absolute Gasteiger partial charge is 0.349 e. The normalized spacial score (nSPS) is 12.3. The Morgan fingerprint density at radius 2 is 2.00 bits per heavy atom. The summed E-state index contributed by atoms with van der Waals surface area (Å²) in [6.07, 6.45) is 4.69. The summed E-state index contributed by atoms with van der Waals surface area (Å²) in [4.78, 5) is 0.341. The molecule has 0 aliphatic rings. The maximum atomic E-state index is 12.4. The van der Waals surface area contributed by atoms with Gasteiger partial charge in [-0.25, -0.2) is 12.7 Å². The minimum absolute atomic E-state index is 0.341. The van der Waals surface area contributed by atoms with Gasteiger partial charge in [-0.05, 0) is 19.4 Å². The molecule has 5 nitrogen and oxygen atoms in total. The third-order valence-corrected chi connectivity index (χ3v) is 5.12. The van der Waals surface area contributed by atoms with Crippen LogP contribution in [0.1, 0.15) is 38.8 Å². The zero-order chi connectivity index (χ0) is 14.5. The lowest BCUT2D eigenvalue weighted by Crippen LogP contribution is -2.27. The van der Waals surface area contributed by atoms with E-state index in [9.17, 15) is 8.42 Å². The number of aryl methyl sites for hydroxylation is 1. The Bertz CT molecular complexity index is 472. The van der Waals surface area contributed by atoms with E-state index in [4.69, 9.17) is 5.73 Å². The molecule has 0 atom stereocenters. The lowest BCUT2D eigenvalue weighted by Gasteiger charge is -2.15. The second-order valence-corrected chi connectivity index (χ2v) is 6.74. The maximum Gasteiger partial charge on any atom is 0.244 e. The number of nitrogens with two attached hydrogens (primary N) is 1. The highest BCUT2D eigenvalue weighted by molar-refractivity contribution is 7.89. The quantitative estimate of drug-likeness (QED) is 0.741. The Morgan fingerprint density at radius 3 is 2.47 bits per heavy atom. The third-order valence-electron chi connectivity index (χ3n) is 3.30. The van der Waals surface area contributed by atoms with Crippen LogP contribution in [-0.4, -0.2) is 30.9 Å². The summed E-state index contributed by atoms with van der Waals surface area (Å²) < 4.78 is 28.1. The van der Waals surface area contributed by atoms with Crippen LogP contribution in [-0.2, 0) is 23.1 Å². The molecule has 0 aliphatic carbocycles. The summed E-state index contributed by atoms with van der Waals surface area (Å²) in [5, 5.41) is 0. The molecular weight excluding hydrogens is 262 g/mol. The fourth-order valence-electron chi connectivity index (χ4n) is 2.02. The fourth-order valence-corrected chi connectivity index (χ4v) is 3.29. The molecule has 0 radical (unpaired) electrons. The molecule has 0 amide bonds. The summed E-state index contributed by atoms with van der Waals surface area (Å²) in [6, 6.07) is 1.68. The van der Waals surface area contributed by atoms with Crippen LogP contribution >= 0.6 is 0 Å². The van der Waals surface area contributed by atoms with E-state index in [0.29, 0.717) is 18.0 Å². The summed E-state index contributed by atoms with van der Waals surface area (Å²) in [6.45, 7) is 5.71. The predicted octanol–water partition coefficient (Wildman–Crippen LogP) is 1.78. The number of unbranched alkanes of at least 4 members (excludes halogenated alkanes) is 2. The fraction of sp³-hybridized carbons (Fsp3) is 0.692. The first-order valence-corrected chi connectivity index (χ1v) is 8.26. The van der Waals surface area contributed by atoms with E-state index in [1.54, 1.807) is 19.3 Å². The van der Waals surface area contributed by atoms with Crippen LogP contribution < -0.4 is 5.73 Å². The number of nitrogens with zero attached hydrogens (tertiary/aromatic N) is 2. The Balaban J connectivity index is 2.90. The van der Waals surface area contributed by atoms with Crippen LogP contribution in [0, 0.1) is 0 Å². The monoisotopic (exact) mass is 287 g/mol. The molecule has 110 valence electrons. The third kappa shape index (κ3) is 3.81. The molecule has 0 unspecified atom stereocenters.